The van der Waals surface area contributed by atoms with Gasteiger partial charge in [-0.05, 0) is 36.8 Å². The average Bonchev–Trinajstić information content (AvgIpc) is 2.78. The molecule has 1 N–H and O–H groups in total. The first-order chi connectivity index (χ1) is 14.2. The molecule has 1 aromatic heterocycles. The van der Waals surface area contributed by atoms with Crippen LogP contribution in [-0.4, -0.2) is 42.0 Å². The zero-order valence-electron chi connectivity index (χ0n) is 16.7. The highest BCUT2D eigenvalue weighted by Gasteiger charge is 2.23. The first-order valence-corrected chi connectivity index (χ1v) is 10.0. The van der Waals surface area contributed by atoms with Crippen molar-refractivity contribution in [2.24, 2.45) is 0 Å². The lowest BCUT2D eigenvalue weighted by atomic mass is 10.1. The monoisotopic (exact) mass is 386 g/mol. The van der Waals surface area contributed by atoms with Crippen LogP contribution in [0.15, 0.2) is 72.9 Å². The lowest BCUT2D eigenvalue weighted by molar-refractivity contribution is 0.0741. The molecule has 2 aromatic carbocycles. The molecular weight excluding hydrogens is 360 g/mol. The topological polar surface area (TPSA) is 48.5 Å². The van der Waals surface area contributed by atoms with Gasteiger partial charge in [0.15, 0.2) is 0 Å². The molecule has 5 heteroatoms. The Hall–Kier alpha value is -3.34. The third kappa shape index (κ3) is 4.74. The summed E-state index contributed by atoms with van der Waals surface area (Å²) in [7, 11) is 0. The van der Waals surface area contributed by atoms with Gasteiger partial charge < -0.3 is 15.1 Å². The highest BCUT2D eigenvalue weighted by atomic mass is 16.2. The van der Waals surface area contributed by atoms with E-state index in [1.54, 1.807) is 6.20 Å². The van der Waals surface area contributed by atoms with Gasteiger partial charge in [0.05, 0.1) is 0 Å². The summed E-state index contributed by atoms with van der Waals surface area (Å²) in [5.41, 5.74) is 5.07. The van der Waals surface area contributed by atoms with Crippen molar-refractivity contribution in [3.8, 4) is 0 Å². The van der Waals surface area contributed by atoms with Gasteiger partial charge in [0.2, 0.25) is 0 Å². The number of aromatic nitrogens is 1. The molecular formula is C24H26N4O. The molecule has 4 rings (SSSR count). The highest BCUT2D eigenvalue weighted by molar-refractivity contribution is 5.93. The van der Waals surface area contributed by atoms with E-state index < -0.39 is 0 Å². The number of hydrogen-bond acceptors (Lipinski definition) is 4. The van der Waals surface area contributed by atoms with Crippen LogP contribution in [0.5, 0.6) is 0 Å². The van der Waals surface area contributed by atoms with Crippen LogP contribution in [0.1, 0.15) is 21.6 Å². The molecule has 1 aliphatic rings. The van der Waals surface area contributed by atoms with E-state index in [0.29, 0.717) is 18.8 Å². The Labute approximate surface area is 172 Å². The van der Waals surface area contributed by atoms with Crippen LogP contribution in [-0.2, 0) is 6.54 Å². The molecule has 5 nitrogen and oxygen atoms in total. The van der Waals surface area contributed by atoms with E-state index in [-0.39, 0.29) is 5.91 Å². The third-order valence-electron chi connectivity index (χ3n) is 5.25. The van der Waals surface area contributed by atoms with Crippen molar-refractivity contribution in [1.82, 2.24) is 9.88 Å². The quantitative estimate of drug-likeness (QED) is 0.721. The lowest BCUT2D eigenvalue weighted by Crippen LogP contribution is -2.49. The van der Waals surface area contributed by atoms with Crippen molar-refractivity contribution in [1.29, 1.82) is 0 Å². The minimum Gasteiger partial charge on any atom is -0.381 e. The zero-order chi connectivity index (χ0) is 20.1. The fourth-order valence-corrected chi connectivity index (χ4v) is 3.65. The second-order valence-electron chi connectivity index (χ2n) is 7.39. The number of carbonyl (C=O) groups is 1. The summed E-state index contributed by atoms with van der Waals surface area (Å²) >= 11 is 0. The SMILES string of the molecule is Cc1cccc(CNc2ccnc(C(=O)N3CCN(c4ccccc4)CC3)c2)c1. The number of carbonyl (C=O) groups excluding carboxylic acids is 1. The number of amides is 1. The Kier molecular flexibility index (Phi) is 5.75. The van der Waals surface area contributed by atoms with Crippen molar-refractivity contribution in [3.63, 3.8) is 0 Å². The van der Waals surface area contributed by atoms with Gasteiger partial charge >= 0.3 is 0 Å². The van der Waals surface area contributed by atoms with Gasteiger partial charge in [-0.1, -0.05) is 48.0 Å². The largest absolute Gasteiger partial charge is 0.381 e. The van der Waals surface area contributed by atoms with Gasteiger partial charge in [0, 0.05) is 50.3 Å². The normalized spacial score (nSPS) is 14.0. The van der Waals surface area contributed by atoms with E-state index in [2.05, 4.69) is 58.5 Å². The van der Waals surface area contributed by atoms with Crippen LogP contribution in [0, 0.1) is 6.92 Å². The average molecular weight is 386 g/mol. The molecule has 1 aliphatic heterocycles. The van der Waals surface area contributed by atoms with Gasteiger partial charge in [-0.15, -0.1) is 0 Å². The molecule has 148 valence electrons. The highest BCUT2D eigenvalue weighted by Crippen LogP contribution is 2.17. The Balaban J connectivity index is 1.36. The number of hydrogen-bond donors (Lipinski definition) is 1. The molecule has 0 bridgehead atoms. The van der Waals surface area contributed by atoms with Crippen LogP contribution in [0.25, 0.3) is 0 Å². The summed E-state index contributed by atoms with van der Waals surface area (Å²) in [6, 6.07) is 22.5. The van der Waals surface area contributed by atoms with Crippen molar-refractivity contribution in [3.05, 3.63) is 89.7 Å². The number of rotatable bonds is 5. The van der Waals surface area contributed by atoms with E-state index in [4.69, 9.17) is 0 Å². The fourth-order valence-electron chi connectivity index (χ4n) is 3.65. The van der Waals surface area contributed by atoms with Gasteiger partial charge in [-0.25, -0.2) is 0 Å². The molecule has 1 saturated heterocycles. The number of benzene rings is 2. The number of anilines is 2. The number of piperazine rings is 1. The fraction of sp³-hybridized carbons (Fsp3) is 0.250. The first kappa shape index (κ1) is 19.0. The number of aryl methyl sites for hydroxylation is 1. The van der Waals surface area contributed by atoms with E-state index in [1.807, 2.05) is 35.2 Å². The van der Waals surface area contributed by atoms with Crippen LogP contribution in [0.4, 0.5) is 11.4 Å². The Morgan fingerprint density at radius 3 is 2.52 bits per heavy atom. The molecule has 1 amide bonds. The number of nitrogens with one attached hydrogen (secondary N) is 1. The molecule has 2 heterocycles. The second-order valence-corrected chi connectivity index (χ2v) is 7.39. The van der Waals surface area contributed by atoms with E-state index in [9.17, 15) is 4.79 Å². The Bertz CT molecular complexity index is 965. The predicted molar refractivity (Wildman–Crippen MR) is 117 cm³/mol. The second kappa shape index (κ2) is 8.78. The maximum Gasteiger partial charge on any atom is 0.272 e. The zero-order valence-corrected chi connectivity index (χ0v) is 16.7. The van der Waals surface area contributed by atoms with E-state index >= 15 is 0 Å². The van der Waals surface area contributed by atoms with E-state index in [0.717, 1.165) is 25.3 Å². The Morgan fingerprint density at radius 2 is 1.76 bits per heavy atom. The minimum absolute atomic E-state index is 0.00285. The molecule has 0 aliphatic carbocycles. The van der Waals surface area contributed by atoms with Crippen LogP contribution in [0.2, 0.25) is 0 Å². The van der Waals surface area contributed by atoms with E-state index in [1.165, 1.54) is 16.8 Å². The summed E-state index contributed by atoms with van der Waals surface area (Å²) in [6.45, 7) is 5.88. The summed E-state index contributed by atoms with van der Waals surface area (Å²) in [5.74, 6) is -0.00285. The van der Waals surface area contributed by atoms with Crippen molar-refractivity contribution >= 4 is 17.3 Å². The van der Waals surface area contributed by atoms with Gasteiger partial charge in [0.25, 0.3) is 5.91 Å². The van der Waals surface area contributed by atoms with Gasteiger partial charge in [0.1, 0.15) is 5.69 Å². The lowest BCUT2D eigenvalue weighted by Gasteiger charge is -2.36. The molecule has 0 spiro atoms. The smallest absolute Gasteiger partial charge is 0.272 e. The molecule has 3 aromatic rings. The molecule has 1 fully saturated rings. The molecule has 0 unspecified atom stereocenters. The predicted octanol–water partition coefficient (Wildman–Crippen LogP) is 3.96. The van der Waals surface area contributed by atoms with Gasteiger partial charge in [-0.2, -0.15) is 0 Å². The third-order valence-corrected chi connectivity index (χ3v) is 5.25. The number of nitrogens with zero attached hydrogens (tertiary/aromatic N) is 3. The maximum atomic E-state index is 12.9. The minimum atomic E-state index is -0.00285. The van der Waals surface area contributed by atoms with Crippen LogP contribution < -0.4 is 10.2 Å². The summed E-state index contributed by atoms with van der Waals surface area (Å²) < 4.78 is 0. The van der Waals surface area contributed by atoms with Crippen LogP contribution in [0.3, 0.4) is 0 Å². The van der Waals surface area contributed by atoms with Gasteiger partial charge in [-0.3, -0.25) is 9.78 Å². The standard InChI is InChI=1S/C24H26N4O/c1-19-6-5-7-20(16-19)18-26-21-10-11-25-23(17-21)24(29)28-14-12-27(13-15-28)22-8-3-2-4-9-22/h2-11,16-17H,12-15,18H2,1H3,(H,25,26). The Morgan fingerprint density at radius 1 is 0.966 bits per heavy atom. The molecule has 0 saturated carbocycles. The first-order valence-electron chi connectivity index (χ1n) is 10.0. The number of para-hydroxylation sites is 1. The van der Waals surface area contributed by atoms with Crippen molar-refractivity contribution in [2.75, 3.05) is 36.4 Å². The maximum absolute atomic E-state index is 12.9. The summed E-state index contributed by atoms with van der Waals surface area (Å²) in [6.07, 6.45) is 1.70. The molecule has 29 heavy (non-hydrogen) atoms. The van der Waals surface area contributed by atoms with Crippen molar-refractivity contribution < 1.29 is 4.79 Å². The molecule has 0 radical (unpaired) electrons. The van der Waals surface area contributed by atoms with Crippen molar-refractivity contribution in [2.45, 2.75) is 13.5 Å². The molecule has 0 atom stereocenters. The number of pyridine rings is 1. The van der Waals surface area contributed by atoms with Crippen LogP contribution >= 0.6 is 0 Å². The summed E-state index contributed by atoms with van der Waals surface area (Å²) in [5, 5.41) is 3.40. The summed E-state index contributed by atoms with van der Waals surface area (Å²) in [4.78, 5) is 21.5.